The van der Waals surface area contributed by atoms with Crippen LogP contribution in [0.4, 0.5) is 0 Å². The topological polar surface area (TPSA) is 0 Å². The fourth-order valence-electron chi connectivity index (χ4n) is 6.33. The van der Waals surface area contributed by atoms with Crippen LogP contribution >= 0.6 is 0 Å². The molecule has 0 saturated carbocycles. The van der Waals surface area contributed by atoms with Crippen molar-refractivity contribution < 1.29 is 26.2 Å². The first kappa shape index (κ1) is 42.1. The van der Waals surface area contributed by atoms with E-state index in [0.717, 1.165) is 19.3 Å². The molecule has 0 fully saturated rings. The van der Waals surface area contributed by atoms with Crippen molar-refractivity contribution in [3.05, 3.63) is 218 Å². The first-order chi connectivity index (χ1) is 26.0. The maximum Gasteiger partial charge on any atom is 4.00 e. The molecule has 0 aliphatic carbocycles. The van der Waals surface area contributed by atoms with Gasteiger partial charge in [0.2, 0.25) is 0 Å². The molecule has 8 rings (SSSR count). The maximum atomic E-state index is 3.60. The van der Waals surface area contributed by atoms with E-state index in [0.29, 0.717) is 0 Å². The zero-order chi connectivity index (χ0) is 37.3. The Hall–Kier alpha value is -4.62. The zero-order valence-electron chi connectivity index (χ0n) is 32.1. The standard InChI is InChI=1S/C16H17Si.2C16H13.C4H9.Zr/c17-16(15-11-5-2-6-12-15)13-7-10-14-8-3-1-4-9-14;2*1-12-10-14-8-5-9-15(16(14)11-12)13-6-3-2-4-7-13;1-3-4-2;/h1-6,8-12H,7,13,17H2;2*2-11H,1H3;1,3-4H2,2H3;/q4*-1;+4. The summed E-state index contributed by atoms with van der Waals surface area (Å²) in [7, 11) is 2.00. The van der Waals surface area contributed by atoms with Gasteiger partial charge in [0.25, 0.3) is 0 Å². The molecule has 8 aromatic rings. The number of hydrogen-bond acceptors (Lipinski definition) is 0. The van der Waals surface area contributed by atoms with Crippen LogP contribution in [0.3, 0.4) is 0 Å². The summed E-state index contributed by atoms with van der Waals surface area (Å²) >= 11 is 0. The van der Waals surface area contributed by atoms with E-state index in [2.05, 4.69) is 216 Å². The van der Waals surface area contributed by atoms with Gasteiger partial charge in [-0.3, -0.25) is 0 Å². The van der Waals surface area contributed by atoms with E-state index in [-0.39, 0.29) is 26.2 Å². The number of aryl methyl sites for hydroxylation is 2. The maximum absolute atomic E-state index is 3.60. The number of fused-ring (bicyclic) bond motifs is 2. The van der Waals surface area contributed by atoms with Crippen LogP contribution in [0, 0.1) is 27.2 Å². The molecular formula is C52H52SiZr. The number of unbranched alkanes of at least 4 members (excludes halogenated alkanes) is 1. The summed E-state index contributed by atoms with van der Waals surface area (Å²) in [6.45, 7) is 10.0. The van der Waals surface area contributed by atoms with Crippen molar-refractivity contribution in [2.24, 2.45) is 0 Å². The first-order valence-electron chi connectivity index (χ1n) is 18.8. The van der Waals surface area contributed by atoms with Crippen LogP contribution < -0.4 is 0 Å². The van der Waals surface area contributed by atoms with E-state index >= 15 is 0 Å². The molecule has 0 heterocycles. The molecule has 0 bridgehead atoms. The largest absolute Gasteiger partial charge is 4.00 e. The Kier molecular flexibility index (Phi) is 17.6. The van der Waals surface area contributed by atoms with Gasteiger partial charge >= 0.3 is 26.2 Å². The molecule has 0 atom stereocenters. The Labute approximate surface area is 346 Å². The third-order valence-corrected chi connectivity index (χ3v) is 9.88. The Morgan fingerprint density at radius 1 is 0.574 bits per heavy atom. The van der Waals surface area contributed by atoms with Crippen molar-refractivity contribution in [3.8, 4) is 22.3 Å². The van der Waals surface area contributed by atoms with Crippen LogP contribution in [0.25, 0.3) is 43.8 Å². The minimum absolute atomic E-state index is 0. The van der Waals surface area contributed by atoms with E-state index in [9.17, 15) is 0 Å². The molecule has 54 heavy (non-hydrogen) atoms. The number of rotatable bonds is 8. The molecule has 268 valence electrons. The number of hydrogen-bond donors (Lipinski definition) is 0. The molecule has 0 N–H and O–H groups in total. The Morgan fingerprint density at radius 2 is 0.981 bits per heavy atom. The monoisotopic (exact) mass is 794 g/mol. The van der Waals surface area contributed by atoms with Crippen molar-refractivity contribution in [1.29, 1.82) is 0 Å². The summed E-state index contributed by atoms with van der Waals surface area (Å²) in [6.07, 6.45) is 6.83. The van der Waals surface area contributed by atoms with Gasteiger partial charge in [0.1, 0.15) is 0 Å². The van der Waals surface area contributed by atoms with Crippen LogP contribution in [0.2, 0.25) is 0 Å². The van der Waals surface area contributed by atoms with Gasteiger partial charge < -0.3 is 6.92 Å². The summed E-state index contributed by atoms with van der Waals surface area (Å²) in [5.41, 5.74) is 10.6. The van der Waals surface area contributed by atoms with Gasteiger partial charge in [-0.15, -0.1) is 81.2 Å². The minimum atomic E-state index is 0. The summed E-state index contributed by atoms with van der Waals surface area (Å²) in [5, 5.41) is 6.85. The average Bonchev–Trinajstić information content (AvgIpc) is 3.80. The fraction of sp³-hybridized carbons (Fsp3) is 0.135. The second kappa shape index (κ2) is 22.6. The van der Waals surface area contributed by atoms with Crippen molar-refractivity contribution in [2.75, 3.05) is 0 Å². The van der Waals surface area contributed by atoms with E-state index in [4.69, 9.17) is 0 Å². The van der Waals surface area contributed by atoms with Crippen molar-refractivity contribution in [1.82, 2.24) is 0 Å². The van der Waals surface area contributed by atoms with Gasteiger partial charge in [-0.2, -0.15) is 42.7 Å². The smallest absolute Gasteiger partial charge is 0.343 e. The van der Waals surface area contributed by atoms with Crippen LogP contribution in [0.1, 0.15) is 54.9 Å². The predicted molar refractivity (Wildman–Crippen MR) is 238 cm³/mol. The van der Waals surface area contributed by atoms with E-state index < -0.39 is 0 Å². The molecule has 0 aliphatic heterocycles. The second-order valence-corrected chi connectivity index (χ2v) is 14.2. The fourth-order valence-corrected chi connectivity index (χ4v) is 6.77. The molecule has 8 aromatic carbocycles. The van der Waals surface area contributed by atoms with Crippen molar-refractivity contribution in [3.63, 3.8) is 0 Å². The molecular weight excluding hydrogens is 744 g/mol. The van der Waals surface area contributed by atoms with Crippen molar-refractivity contribution in [2.45, 2.75) is 46.5 Å². The molecule has 0 spiro atoms. The molecule has 2 heteroatoms. The SMILES string of the molecule is Cc1cc2c(-c3ccccc3)cccc2[cH-]1.Cc1cc2c(-c3ccccc3)cccc2[cH-]1.[CH2-]CCC.[SiH2]=C(CC[CH-]c1ccccc1)c1ccccc1.[Zr+4]. The van der Waals surface area contributed by atoms with E-state index in [1.807, 2.05) is 9.85 Å². The zero-order valence-corrected chi connectivity index (χ0v) is 36.0. The van der Waals surface area contributed by atoms with Crippen LogP contribution in [0.5, 0.6) is 0 Å². The van der Waals surface area contributed by atoms with Gasteiger partial charge in [0.05, 0.1) is 0 Å². The molecule has 0 aromatic heterocycles. The van der Waals surface area contributed by atoms with Gasteiger partial charge in [-0.1, -0.05) is 159 Å². The van der Waals surface area contributed by atoms with Crippen molar-refractivity contribution >= 4 is 36.6 Å². The average molecular weight is 796 g/mol. The molecule has 0 unspecified atom stereocenters. The van der Waals surface area contributed by atoms with E-state index in [1.165, 1.54) is 77.6 Å². The molecule has 0 aliphatic rings. The predicted octanol–water partition coefficient (Wildman–Crippen LogP) is 13.6. The molecule has 0 amide bonds. The Bertz CT molecular complexity index is 2130. The third-order valence-electron chi connectivity index (χ3n) is 9.12. The quantitative estimate of drug-likeness (QED) is 0.106. The first-order valence-corrected chi connectivity index (χ1v) is 19.5. The Balaban J connectivity index is 0.000000170. The molecule has 0 radical (unpaired) electrons. The van der Waals surface area contributed by atoms with E-state index in [1.54, 1.807) is 0 Å². The minimum Gasteiger partial charge on any atom is -0.343 e. The van der Waals surface area contributed by atoms with Crippen LogP contribution in [-0.2, 0) is 26.2 Å². The molecule has 0 nitrogen and oxygen atoms in total. The van der Waals surface area contributed by atoms with Crippen LogP contribution in [0.15, 0.2) is 182 Å². The normalized spacial score (nSPS) is 10.1. The van der Waals surface area contributed by atoms with Gasteiger partial charge in [0.15, 0.2) is 0 Å². The van der Waals surface area contributed by atoms with Crippen LogP contribution in [-0.4, -0.2) is 15.0 Å². The summed E-state index contributed by atoms with van der Waals surface area (Å²) in [5.74, 6) is 0. The van der Waals surface area contributed by atoms with Gasteiger partial charge in [-0.05, 0) is 33.0 Å². The van der Waals surface area contributed by atoms with Gasteiger partial charge in [0, 0.05) is 0 Å². The summed E-state index contributed by atoms with van der Waals surface area (Å²) in [6, 6.07) is 64.3. The van der Waals surface area contributed by atoms with Gasteiger partial charge in [-0.25, -0.2) is 0 Å². The molecule has 0 saturated heterocycles. The number of benzene rings is 6. The summed E-state index contributed by atoms with van der Waals surface area (Å²) < 4.78 is 0. The third kappa shape index (κ3) is 12.5. The Morgan fingerprint density at radius 3 is 1.41 bits per heavy atom. The summed E-state index contributed by atoms with van der Waals surface area (Å²) in [4.78, 5) is 0. The second-order valence-electron chi connectivity index (χ2n) is 13.4.